The molecule has 0 atom stereocenters. The first kappa shape index (κ1) is 20.0. The highest BCUT2D eigenvalue weighted by atomic mass is 35.5. The fourth-order valence-corrected chi connectivity index (χ4v) is 3.45. The van der Waals surface area contributed by atoms with Crippen molar-refractivity contribution in [2.75, 3.05) is 0 Å². The van der Waals surface area contributed by atoms with Crippen LogP contribution in [0, 0.1) is 0 Å². The molecule has 152 valence electrons. The second-order valence-electron chi connectivity index (χ2n) is 7.17. The number of phenols is 1. The Morgan fingerprint density at radius 1 is 0.967 bits per heavy atom. The molecule has 1 aromatic heterocycles. The van der Waals surface area contributed by atoms with Crippen LogP contribution in [-0.4, -0.2) is 15.1 Å². The Balaban J connectivity index is 1.63. The van der Waals surface area contributed by atoms with Crippen molar-refractivity contribution in [3.8, 4) is 39.9 Å². The van der Waals surface area contributed by atoms with E-state index in [2.05, 4.69) is 29.0 Å². The Morgan fingerprint density at radius 2 is 1.70 bits per heavy atom. The smallest absolute Gasteiger partial charge is 0.138 e. The van der Waals surface area contributed by atoms with Gasteiger partial charge in [0, 0.05) is 10.6 Å². The molecule has 4 nitrogen and oxygen atoms in total. The Hall–Kier alpha value is -3.24. The van der Waals surface area contributed by atoms with Gasteiger partial charge < -0.3 is 14.8 Å². The lowest BCUT2D eigenvalue weighted by Gasteiger charge is -2.12. The fourth-order valence-electron chi connectivity index (χ4n) is 3.32. The number of benzene rings is 3. The maximum absolute atomic E-state index is 9.51. The van der Waals surface area contributed by atoms with Crippen LogP contribution in [0.4, 0.5) is 0 Å². The zero-order valence-corrected chi connectivity index (χ0v) is 17.5. The molecule has 0 aliphatic rings. The number of imidazole rings is 1. The summed E-state index contributed by atoms with van der Waals surface area (Å²) in [6, 6.07) is 20.5. The van der Waals surface area contributed by atoms with Crippen molar-refractivity contribution < 1.29 is 9.84 Å². The van der Waals surface area contributed by atoms with Crippen molar-refractivity contribution in [2.24, 2.45) is 0 Å². The molecule has 0 spiro atoms. The van der Waals surface area contributed by atoms with Crippen molar-refractivity contribution in [1.82, 2.24) is 9.97 Å². The second-order valence-corrected chi connectivity index (χ2v) is 7.61. The lowest BCUT2D eigenvalue weighted by atomic mass is 10.0. The van der Waals surface area contributed by atoms with Crippen LogP contribution in [0.3, 0.4) is 0 Å². The normalized spacial score (nSPS) is 10.9. The Labute approximate surface area is 181 Å². The number of unbranched alkanes of at least 4 members (excludes halogenated alkanes) is 1. The predicted molar refractivity (Wildman–Crippen MR) is 121 cm³/mol. The molecule has 30 heavy (non-hydrogen) atoms. The topological polar surface area (TPSA) is 58.1 Å². The summed E-state index contributed by atoms with van der Waals surface area (Å²) < 4.78 is 6.02. The summed E-state index contributed by atoms with van der Waals surface area (Å²) in [5.41, 5.74) is 4.14. The number of nitrogens with one attached hydrogen (secondary N) is 1. The average molecular weight is 419 g/mol. The number of nitrogens with zero attached hydrogens (tertiary/aromatic N) is 1. The van der Waals surface area contributed by atoms with Crippen LogP contribution in [-0.2, 0) is 6.42 Å². The minimum absolute atomic E-state index is 0.247. The highest BCUT2D eigenvalue weighted by molar-refractivity contribution is 6.30. The number of phenolic OH excluding ortho intramolecular Hbond substituents is 1. The van der Waals surface area contributed by atoms with Gasteiger partial charge in [-0.1, -0.05) is 24.9 Å². The summed E-state index contributed by atoms with van der Waals surface area (Å²) in [5.74, 6) is 2.61. The van der Waals surface area contributed by atoms with Gasteiger partial charge >= 0.3 is 0 Å². The van der Waals surface area contributed by atoms with E-state index in [0.717, 1.165) is 53.4 Å². The van der Waals surface area contributed by atoms with E-state index in [1.165, 1.54) is 5.56 Å². The quantitative estimate of drug-likeness (QED) is 0.332. The van der Waals surface area contributed by atoms with Crippen molar-refractivity contribution in [3.63, 3.8) is 0 Å². The van der Waals surface area contributed by atoms with Gasteiger partial charge in [0.15, 0.2) is 0 Å². The molecule has 0 saturated carbocycles. The third-order valence-corrected chi connectivity index (χ3v) is 5.19. The van der Waals surface area contributed by atoms with Crippen LogP contribution < -0.4 is 4.74 Å². The Kier molecular flexibility index (Phi) is 6.05. The molecule has 0 bridgehead atoms. The van der Waals surface area contributed by atoms with E-state index in [-0.39, 0.29) is 5.75 Å². The summed E-state index contributed by atoms with van der Waals surface area (Å²) in [4.78, 5) is 8.01. The van der Waals surface area contributed by atoms with E-state index in [9.17, 15) is 5.11 Å². The Morgan fingerprint density at radius 3 is 2.43 bits per heavy atom. The molecule has 2 N–H and O–H groups in total. The van der Waals surface area contributed by atoms with Gasteiger partial charge in [0.1, 0.15) is 23.1 Å². The number of hydrogen-bond acceptors (Lipinski definition) is 3. The summed E-state index contributed by atoms with van der Waals surface area (Å²) in [7, 11) is 0. The SMILES string of the molecule is CCCCc1cc(Oc2ccc(Cl)cc2)ccc1-c1ncc(-c2ccc(O)cc2)[nH]1. The minimum Gasteiger partial charge on any atom is -0.508 e. The molecule has 3 aromatic carbocycles. The van der Waals surface area contributed by atoms with Gasteiger partial charge in [-0.3, -0.25) is 0 Å². The van der Waals surface area contributed by atoms with Crippen LogP contribution in [0.5, 0.6) is 17.2 Å². The molecule has 4 aromatic rings. The highest BCUT2D eigenvalue weighted by Crippen LogP contribution is 2.31. The molecule has 5 heteroatoms. The van der Waals surface area contributed by atoms with Gasteiger partial charge in [0.05, 0.1) is 11.9 Å². The number of ether oxygens (including phenoxy) is 1. The zero-order valence-electron chi connectivity index (χ0n) is 16.7. The van der Waals surface area contributed by atoms with Gasteiger partial charge in [-0.15, -0.1) is 0 Å². The number of rotatable bonds is 7. The third-order valence-electron chi connectivity index (χ3n) is 4.93. The first-order valence-corrected chi connectivity index (χ1v) is 10.4. The van der Waals surface area contributed by atoms with Gasteiger partial charge in [-0.05, 0) is 90.7 Å². The Bertz CT molecular complexity index is 1120. The first-order valence-electron chi connectivity index (χ1n) is 10.0. The number of aromatic amines is 1. The second kappa shape index (κ2) is 9.06. The van der Waals surface area contributed by atoms with E-state index in [1.54, 1.807) is 12.1 Å². The molecule has 0 unspecified atom stereocenters. The summed E-state index contributed by atoms with van der Waals surface area (Å²) in [6.07, 6.45) is 4.96. The number of H-pyrrole nitrogens is 1. The number of halogens is 1. The molecular formula is C25H23ClN2O2. The van der Waals surface area contributed by atoms with Gasteiger partial charge in [0.25, 0.3) is 0 Å². The molecular weight excluding hydrogens is 396 g/mol. The van der Waals surface area contributed by atoms with E-state index in [4.69, 9.17) is 16.3 Å². The molecule has 0 amide bonds. The number of aryl methyl sites for hydroxylation is 1. The molecule has 0 saturated heterocycles. The maximum Gasteiger partial charge on any atom is 0.138 e. The largest absolute Gasteiger partial charge is 0.508 e. The minimum atomic E-state index is 0.247. The van der Waals surface area contributed by atoms with Crippen LogP contribution >= 0.6 is 11.6 Å². The zero-order chi connectivity index (χ0) is 20.9. The lowest BCUT2D eigenvalue weighted by molar-refractivity contribution is 0.475. The monoisotopic (exact) mass is 418 g/mol. The van der Waals surface area contributed by atoms with Gasteiger partial charge in [0.2, 0.25) is 0 Å². The standard InChI is InChI=1S/C25H23ClN2O2/c1-2-3-4-18-15-22(30-21-11-7-19(26)8-12-21)13-14-23(18)25-27-16-24(28-25)17-5-9-20(29)10-6-17/h5-16,29H,2-4H2,1H3,(H,27,28). The van der Waals surface area contributed by atoms with E-state index >= 15 is 0 Å². The summed E-state index contributed by atoms with van der Waals surface area (Å²) in [5, 5.41) is 10.2. The molecule has 0 aliphatic carbocycles. The van der Waals surface area contributed by atoms with Crippen LogP contribution in [0.15, 0.2) is 72.9 Å². The lowest BCUT2D eigenvalue weighted by Crippen LogP contribution is -1.94. The molecule has 0 radical (unpaired) electrons. The summed E-state index contributed by atoms with van der Waals surface area (Å²) >= 11 is 5.96. The van der Waals surface area contributed by atoms with Gasteiger partial charge in [-0.25, -0.2) is 4.98 Å². The molecule has 1 heterocycles. The number of aromatic nitrogens is 2. The van der Waals surface area contributed by atoms with Crippen molar-refractivity contribution >= 4 is 11.6 Å². The van der Waals surface area contributed by atoms with Crippen LogP contribution in [0.25, 0.3) is 22.6 Å². The van der Waals surface area contributed by atoms with E-state index in [0.29, 0.717) is 5.02 Å². The van der Waals surface area contributed by atoms with Gasteiger partial charge in [-0.2, -0.15) is 0 Å². The van der Waals surface area contributed by atoms with Crippen LogP contribution in [0.2, 0.25) is 5.02 Å². The molecule has 0 fully saturated rings. The predicted octanol–water partition coefficient (Wildman–Crippen LogP) is 7.24. The molecule has 4 rings (SSSR count). The van der Waals surface area contributed by atoms with Crippen LogP contribution in [0.1, 0.15) is 25.3 Å². The third kappa shape index (κ3) is 4.66. The van der Waals surface area contributed by atoms with E-state index in [1.807, 2.05) is 48.7 Å². The number of hydrogen-bond donors (Lipinski definition) is 2. The first-order chi connectivity index (χ1) is 14.6. The maximum atomic E-state index is 9.51. The highest BCUT2D eigenvalue weighted by Gasteiger charge is 2.12. The fraction of sp³-hybridized carbons (Fsp3) is 0.160. The number of aromatic hydroxyl groups is 1. The van der Waals surface area contributed by atoms with Crippen molar-refractivity contribution in [2.45, 2.75) is 26.2 Å². The summed E-state index contributed by atoms with van der Waals surface area (Å²) in [6.45, 7) is 2.18. The average Bonchev–Trinajstić information content (AvgIpc) is 3.24. The van der Waals surface area contributed by atoms with Crippen molar-refractivity contribution in [1.29, 1.82) is 0 Å². The van der Waals surface area contributed by atoms with E-state index < -0.39 is 0 Å². The molecule has 0 aliphatic heterocycles. The van der Waals surface area contributed by atoms with Crippen molar-refractivity contribution in [3.05, 3.63) is 83.5 Å².